The predicted molar refractivity (Wildman–Crippen MR) is 99.1 cm³/mol. The minimum Gasteiger partial charge on any atom is -0.493 e. The summed E-state index contributed by atoms with van der Waals surface area (Å²) < 4.78 is 16.0. The fourth-order valence-electron chi connectivity index (χ4n) is 2.35. The standard InChI is InChI=1S/C19H18ClN3O4/c1-25-18-9-14(20)4-5-17(18)26-12-15-10-16(23-27-15)19(24)22-8-6-13-3-2-7-21-11-13/h2-5,7,9-11H,6,8,12H2,1H3,(H,22,24). The number of halogens is 1. The zero-order valence-electron chi connectivity index (χ0n) is 14.6. The van der Waals surface area contributed by atoms with Gasteiger partial charge >= 0.3 is 0 Å². The van der Waals surface area contributed by atoms with Crippen LogP contribution >= 0.6 is 11.6 Å². The van der Waals surface area contributed by atoms with E-state index in [0.29, 0.717) is 35.2 Å². The first kappa shape index (κ1) is 18.7. The van der Waals surface area contributed by atoms with Gasteiger partial charge in [0, 0.05) is 36.1 Å². The lowest BCUT2D eigenvalue weighted by Gasteiger charge is -2.09. The van der Waals surface area contributed by atoms with Gasteiger partial charge in [-0.3, -0.25) is 9.78 Å². The smallest absolute Gasteiger partial charge is 0.273 e. The number of carbonyl (C=O) groups excluding carboxylic acids is 1. The number of carbonyl (C=O) groups is 1. The van der Waals surface area contributed by atoms with Crippen molar-refractivity contribution in [3.8, 4) is 11.5 Å². The Morgan fingerprint density at radius 3 is 2.93 bits per heavy atom. The first-order valence-electron chi connectivity index (χ1n) is 8.25. The van der Waals surface area contributed by atoms with Gasteiger partial charge in [-0.05, 0) is 30.2 Å². The quantitative estimate of drug-likeness (QED) is 0.638. The minimum atomic E-state index is -0.307. The van der Waals surface area contributed by atoms with Crippen molar-refractivity contribution in [3.05, 3.63) is 70.8 Å². The highest BCUT2D eigenvalue weighted by Gasteiger charge is 2.13. The molecule has 0 aliphatic heterocycles. The van der Waals surface area contributed by atoms with Crippen molar-refractivity contribution in [2.24, 2.45) is 0 Å². The number of hydrogen-bond donors (Lipinski definition) is 1. The lowest BCUT2D eigenvalue weighted by atomic mass is 10.2. The molecule has 2 heterocycles. The number of nitrogens with one attached hydrogen (secondary N) is 1. The van der Waals surface area contributed by atoms with Crippen LogP contribution in [0.15, 0.2) is 53.3 Å². The van der Waals surface area contributed by atoms with Gasteiger partial charge in [-0.1, -0.05) is 22.8 Å². The molecule has 0 aliphatic rings. The highest BCUT2D eigenvalue weighted by molar-refractivity contribution is 6.30. The molecular formula is C19H18ClN3O4. The molecule has 0 atom stereocenters. The molecule has 0 radical (unpaired) electrons. The van der Waals surface area contributed by atoms with Gasteiger partial charge in [-0.25, -0.2) is 0 Å². The number of aromatic nitrogens is 2. The lowest BCUT2D eigenvalue weighted by molar-refractivity contribution is 0.0944. The van der Waals surface area contributed by atoms with E-state index in [-0.39, 0.29) is 18.2 Å². The maximum absolute atomic E-state index is 12.1. The van der Waals surface area contributed by atoms with Crippen molar-refractivity contribution in [1.29, 1.82) is 0 Å². The molecule has 0 spiro atoms. The Morgan fingerprint density at radius 2 is 2.15 bits per heavy atom. The summed E-state index contributed by atoms with van der Waals surface area (Å²) in [6.45, 7) is 0.582. The second-order valence-corrected chi connectivity index (χ2v) is 6.07. The van der Waals surface area contributed by atoms with Crippen LogP contribution in [0.5, 0.6) is 11.5 Å². The molecule has 8 heteroatoms. The van der Waals surface area contributed by atoms with Gasteiger partial charge in [-0.15, -0.1) is 0 Å². The predicted octanol–water partition coefficient (Wildman–Crippen LogP) is 3.28. The zero-order valence-corrected chi connectivity index (χ0v) is 15.4. The Bertz CT molecular complexity index is 899. The van der Waals surface area contributed by atoms with Crippen LogP contribution in [0.3, 0.4) is 0 Å². The second kappa shape index (κ2) is 9.05. The summed E-state index contributed by atoms with van der Waals surface area (Å²) in [6.07, 6.45) is 4.16. The maximum Gasteiger partial charge on any atom is 0.273 e. The summed E-state index contributed by atoms with van der Waals surface area (Å²) in [4.78, 5) is 16.2. The highest BCUT2D eigenvalue weighted by atomic mass is 35.5. The largest absolute Gasteiger partial charge is 0.493 e. The Kier molecular flexibility index (Phi) is 6.27. The molecule has 1 aromatic carbocycles. The molecule has 0 aliphatic carbocycles. The number of pyridine rings is 1. The molecule has 0 saturated carbocycles. The summed E-state index contributed by atoms with van der Waals surface area (Å²) >= 11 is 5.92. The highest BCUT2D eigenvalue weighted by Crippen LogP contribution is 2.30. The van der Waals surface area contributed by atoms with Crippen LogP contribution in [0.4, 0.5) is 0 Å². The van der Waals surface area contributed by atoms with Crippen LogP contribution in [0, 0.1) is 0 Å². The van der Waals surface area contributed by atoms with Crippen molar-refractivity contribution in [1.82, 2.24) is 15.5 Å². The van der Waals surface area contributed by atoms with E-state index >= 15 is 0 Å². The van der Waals surface area contributed by atoms with Gasteiger partial charge in [0.1, 0.15) is 6.61 Å². The number of benzene rings is 1. The van der Waals surface area contributed by atoms with Gasteiger partial charge < -0.3 is 19.3 Å². The normalized spacial score (nSPS) is 10.4. The summed E-state index contributed by atoms with van der Waals surface area (Å²) in [7, 11) is 1.53. The molecule has 2 aromatic heterocycles. The molecule has 3 rings (SSSR count). The number of ether oxygens (including phenoxy) is 2. The van der Waals surface area contributed by atoms with Crippen LogP contribution in [-0.4, -0.2) is 29.7 Å². The molecule has 7 nitrogen and oxygen atoms in total. The van der Waals surface area contributed by atoms with E-state index < -0.39 is 0 Å². The van der Waals surface area contributed by atoms with E-state index in [1.54, 1.807) is 36.7 Å². The molecule has 0 unspecified atom stereocenters. The van der Waals surface area contributed by atoms with Gasteiger partial charge in [0.05, 0.1) is 7.11 Å². The molecule has 1 N–H and O–H groups in total. The number of hydrogen-bond acceptors (Lipinski definition) is 6. The number of nitrogens with zero attached hydrogens (tertiary/aromatic N) is 2. The van der Waals surface area contributed by atoms with E-state index in [4.69, 9.17) is 25.6 Å². The summed E-state index contributed by atoms with van der Waals surface area (Å²) in [5.41, 5.74) is 1.24. The molecule has 0 fully saturated rings. The monoisotopic (exact) mass is 387 g/mol. The summed E-state index contributed by atoms with van der Waals surface area (Å²) in [5, 5.41) is 7.12. The Morgan fingerprint density at radius 1 is 1.26 bits per heavy atom. The Labute approximate surface area is 161 Å². The number of amides is 1. The first-order chi connectivity index (χ1) is 13.2. The minimum absolute atomic E-state index is 0.105. The number of rotatable bonds is 8. The Balaban J connectivity index is 1.51. The van der Waals surface area contributed by atoms with Gasteiger partial charge in [0.15, 0.2) is 23.0 Å². The van der Waals surface area contributed by atoms with Crippen LogP contribution in [0.25, 0.3) is 0 Å². The van der Waals surface area contributed by atoms with E-state index in [1.165, 1.54) is 7.11 Å². The average Bonchev–Trinajstić information content (AvgIpc) is 3.17. The molecule has 0 bridgehead atoms. The van der Waals surface area contributed by atoms with Crippen LogP contribution in [0.1, 0.15) is 21.8 Å². The van der Waals surface area contributed by atoms with Crippen molar-refractivity contribution < 1.29 is 18.8 Å². The fraction of sp³-hybridized carbons (Fsp3) is 0.211. The molecule has 1 amide bonds. The molecule has 27 heavy (non-hydrogen) atoms. The molecule has 140 valence electrons. The molecule has 3 aromatic rings. The average molecular weight is 388 g/mol. The van der Waals surface area contributed by atoms with E-state index in [0.717, 1.165) is 5.56 Å². The van der Waals surface area contributed by atoms with Crippen molar-refractivity contribution in [2.45, 2.75) is 13.0 Å². The molecule has 0 saturated heterocycles. The van der Waals surface area contributed by atoms with Crippen LogP contribution < -0.4 is 14.8 Å². The van der Waals surface area contributed by atoms with Crippen LogP contribution in [-0.2, 0) is 13.0 Å². The van der Waals surface area contributed by atoms with E-state index in [9.17, 15) is 4.79 Å². The Hall–Kier alpha value is -3.06. The van der Waals surface area contributed by atoms with Crippen molar-refractivity contribution in [2.75, 3.05) is 13.7 Å². The van der Waals surface area contributed by atoms with E-state index in [1.807, 2.05) is 12.1 Å². The lowest BCUT2D eigenvalue weighted by Crippen LogP contribution is -2.25. The molecular weight excluding hydrogens is 370 g/mol. The fourth-order valence-corrected chi connectivity index (χ4v) is 2.52. The third-order valence-corrected chi connectivity index (χ3v) is 3.94. The number of methoxy groups -OCH3 is 1. The van der Waals surface area contributed by atoms with Gasteiger partial charge in [0.2, 0.25) is 0 Å². The first-order valence-corrected chi connectivity index (χ1v) is 8.62. The maximum atomic E-state index is 12.1. The summed E-state index contributed by atoms with van der Waals surface area (Å²) in [6, 6.07) is 10.4. The zero-order chi connectivity index (χ0) is 19.1. The van der Waals surface area contributed by atoms with Crippen molar-refractivity contribution >= 4 is 17.5 Å². The van der Waals surface area contributed by atoms with Crippen LogP contribution in [0.2, 0.25) is 5.02 Å². The topological polar surface area (TPSA) is 86.5 Å². The SMILES string of the molecule is COc1cc(Cl)ccc1OCc1cc(C(=O)NCCc2cccnc2)no1. The second-order valence-electron chi connectivity index (χ2n) is 5.63. The van der Waals surface area contributed by atoms with Gasteiger partial charge in [0.25, 0.3) is 5.91 Å². The summed E-state index contributed by atoms with van der Waals surface area (Å²) in [5.74, 6) is 1.14. The third kappa shape index (κ3) is 5.21. The van der Waals surface area contributed by atoms with E-state index in [2.05, 4.69) is 15.5 Å². The van der Waals surface area contributed by atoms with Gasteiger partial charge in [-0.2, -0.15) is 0 Å². The third-order valence-electron chi connectivity index (χ3n) is 3.71. The van der Waals surface area contributed by atoms with Crippen molar-refractivity contribution in [3.63, 3.8) is 0 Å².